The second kappa shape index (κ2) is 10.0. The van der Waals surface area contributed by atoms with Crippen LogP contribution in [0.4, 0.5) is 5.13 Å². The molecule has 0 N–H and O–H groups in total. The van der Waals surface area contributed by atoms with E-state index in [1.54, 1.807) is 23.8 Å². The number of nitrogens with zero attached hydrogens (tertiary/aromatic N) is 2. The number of amides is 1. The molecule has 1 aromatic heterocycles. The Hall–Kier alpha value is -1.80. The number of anilines is 1. The number of ether oxygens (including phenoxy) is 2. The Bertz CT molecular complexity index is 1000. The average molecular weight is 463 g/mol. The molecule has 1 aliphatic heterocycles. The number of hydrogen-bond donors (Lipinski definition) is 0. The van der Waals surface area contributed by atoms with E-state index in [0.29, 0.717) is 23.7 Å². The predicted octanol–water partition coefficient (Wildman–Crippen LogP) is 5.65. The van der Waals surface area contributed by atoms with Gasteiger partial charge in [0.1, 0.15) is 5.75 Å². The number of rotatable bonds is 8. The first-order valence-electron chi connectivity index (χ1n) is 9.87. The van der Waals surface area contributed by atoms with E-state index in [9.17, 15) is 4.79 Å². The minimum absolute atomic E-state index is 0.0676. The summed E-state index contributed by atoms with van der Waals surface area (Å²) in [6.07, 6.45) is 2.51. The summed E-state index contributed by atoms with van der Waals surface area (Å²) < 4.78 is 12.1. The van der Waals surface area contributed by atoms with E-state index in [1.807, 2.05) is 42.5 Å². The van der Waals surface area contributed by atoms with E-state index >= 15 is 0 Å². The largest absolute Gasteiger partial charge is 0.497 e. The van der Waals surface area contributed by atoms with Crippen LogP contribution in [0.15, 0.2) is 47.4 Å². The summed E-state index contributed by atoms with van der Waals surface area (Å²) in [5, 5.41) is 1.43. The molecule has 5 nitrogen and oxygen atoms in total. The lowest BCUT2D eigenvalue weighted by Crippen LogP contribution is -2.37. The van der Waals surface area contributed by atoms with Crippen molar-refractivity contribution in [1.29, 1.82) is 0 Å². The fourth-order valence-corrected chi connectivity index (χ4v) is 5.32. The van der Waals surface area contributed by atoms with E-state index in [2.05, 4.69) is 0 Å². The van der Waals surface area contributed by atoms with Crippen molar-refractivity contribution in [3.63, 3.8) is 0 Å². The summed E-state index contributed by atoms with van der Waals surface area (Å²) >= 11 is 9.11. The van der Waals surface area contributed by atoms with Crippen LogP contribution in [0.2, 0.25) is 5.02 Å². The molecular weight excluding hydrogens is 440 g/mol. The summed E-state index contributed by atoms with van der Waals surface area (Å²) in [7, 11) is 1.65. The smallest absolute Gasteiger partial charge is 0.229 e. The van der Waals surface area contributed by atoms with E-state index in [1.165, 1.54) is 11.3 Å². The fourth-order valence-electron chi connectivity index (χ4n) is 3.34. The van der Waals surface area contributed by atoms with Gasteiger partial charge in [-0.3, -0.25) is 9.69 Å². The molecule has 158 valence electrons. The molecule has 0 bridgehead atoms. The number of methoxy groups -OCH3 is 1. The first kappa shape index (κ1) is 21.4. The topological polar surface area (TPSA) is 51.7 Å². The first-order valence-corrected chi connectivity index (χ1v) is 12.1. The highest BCUT2D eigenvalue weighted by Gasteiger charge is 2.26. The van der Waals surface area contributed by atoms with E-state index in [-0.39, 0.29) is 12.0 Å². The van der Waals surface area contributed by atoms with Gasteiger partial charge >= 0.3 is 0 Å². The number of halogens is 1. The van der Waals surface area contributed by atoms with Crippen LogP contribution in [0.25, 0.3) is 10.2 Å². The Balaban J connectivity index is 1.48. The number of thiazole rings is 1. The SMILES string of the molecule is COc1ccc2nc(N(CC3CCCO3)C(=O)CCSc3ccc(Cl)cc3)sc2c1. The zero-order valence-corrected chi connectivity index (χ0v) is 19.1. The molecule has 8 heteroatoms. The normalized spacial score (nSPS) is 16.1. The molecule has 2 aromatic carbocycles. The average Bonchev–Trinajstić information content (AvgIpc) is 3.42. The molecule has 30 heavy (non-hydrogen) atoms. The lowest BCUT2D eigenvalue weighted by molar-refractivity contribution is -0.118. The maximum atomic E-state index is 13.2. The van der Waals surface area contributed by atoms with E-state index in [4.69, 9.17) is 26.1 Å². The number of carbonyl (C=O) groups excluding carboxylic acids is 1. The van der Waals surface area contributed by atoms with Crippen LogP contribution in [-0.4, -0.2) is 43.0 Å². The standard InChI is InChI=1S/C22H23ClN2O3S2/c1-27-16-6-9-19-20(13-16)30-22(24-19)25(14-17-3-2-11-28-17)21(26)10-12-29-18-7-4-15(23)5-8-18/h4-9,13,17H,2-3,10-12,14H2,1H3. The number of hydrogen-bond acceptors (Lipinski definition) is 6. The second-order valence-electron chi connectivity index (χ2n) is 7.02. The van der Waals surface area contributed by atoms with Gasteiger partial charge in [0.2, 0.25) is 5.91 Å². The molecule has 1 aliphatic rings. The van der Waals surface area contributed by atoms with E-state index < -0.39 is 0 Å². The van der Waals surface area contributed by atoms with Crippen molar-refractivity contribution >= 4 is 56.0 Å². The van der Waals surface area contributed by atoms with Crippen molar-refractivity contribution in [1.82, 2.24) is 4.98 Å². The highest BCUT2D eigenvalue weighted by atomic mass is 35.5. The summed E-state index contributed by atoms with van der Waals surface area (Å²) in [6, 6.07) is 13.5. The fraction of sp³-hybridized carbons (Fsp3) is 0.364. The van der Waals surface area contributed by atoms with Crippen LogP contribution in [0.3, 0.4) is 0 Å². The Morgan fingerprint density at radius 1 is 1.33 bits per heavy atom. The van der Waals surface area contributed by atoms with Crippen molar-refractivity contribution in [3.8, 4) is 5.75 Å². The molecule has 0 saturated carbocycles. The zero-order valence-electron chi connectivity index (χ0n) is 16.7. The third-order valence-electron chi connectivity index (χ3n) is 4.92. The maximum Gasteiger partial charge on any atom is 0.229 e. The van der Waals surface area contributed by atoms with Crippen molar-refractivity contribution < 1.29 is 14.3 Å². The van der Waals surface area contributed by atoms with Gasteiger partial charge < -0.3 is 9.47 Å². The number of fused-ring (bicyclic) bond motifs is 1. The highest BCUT2D eigenvalue weighted by molar-refractivity contribution is 7.99. The molecule has 4 rings (SSSR count). The second-order valence-corrected chi connectivity index (χ2v) is 9.64. The molecule has 0 aliphatic carbocycles. The summed E-state index contributed by atoms with van der Waals surface area (Å²) in [4.78, 5) is 20.8. The lowest BCUT2D eigenvalue weighted by Gasteiger charge is -2.23. The Labute approximate surface area is 189 Å². The Kier molecular flexibility index (Phi) is 7.15. The summed E-state index contributed by atoms with van der Waals surface area (Å²) in [5.74, 6) is 1.55. The first-order chi connectivity index (χ1) is 14.6. The quantitative estimate of drug-likeness (QED) is 0.405. The van der Waals surface area contributed by atoms with Crippen LogP contribution in [0.5, 0.6) is 5.75 Å². The molecule has 1 fully saturated rings. The van der Waals surface area contributed by atoms with Gasteiger partial charge in [-0.15, -0.1) is 11.8 Å². The van der Waals surface area contributed by atoms with Gasteiger partial charge in [-0.2, -0.15) is 0 Å². The highest BCUT2D eigenvalue weighted by Crippen LogP contribution is 2.33. The molecule has 2 heterocycles. The van der Waals surface area contributed by atoms with Gasteiger partial charge in [0.25, 0.3) is 0 Å². The van der Waals surface area contributed by atoms with Gasteiger partial charge in [-0.1, -0.05) is 22.9 Å². The van der Waals surface area contributed by atoms with Crippen LogP contribution in [0, 0.1) is 0 Å². The number of benzene rings is 2. The molecule has 1 atom stereocenters. The summed E-state index contributed by atoms with van der Waals surface area (Å²) in [5.41, 5.74) is 0.872. The molecular formula is C22H23ClN2O3S2. The van der Waals surface area contributed by atoms with Gasteiger partial charge in [0.15, 0.2) is 5.13 Å². The van der Waals surface area contributed by atoms with Gasteiger partial charge in [0, 0.05) is 28.7 Å². The Morgan fingerprint density at radius 3 is 2.90 bits per heavy atom. The third-order valence-corrected chi connectivity index (χ3v) is 7.23. The molecule has 0 radical (unpaired) electrons. The maximum absolute atomic E-state index is 13.2. The van der Waals surface area contributed by atoms with Crippen LogP contribution < -0.4 is 9.64 Å². The zero-order chi connectivity index (χ0) is 20.9. The van der Waals surface area contributed by atoms with Crippen molar-refractivity contribution in [2.45, 2.75) is 30.3 Å². The molecule has 3 aromatic rings. The van der Waals surface area contributed by atoms with E-state index in [0.717, 1.165) is 45.4 Å². The predicted molar refractivity (Wildman–Crippen MR) is 124 cm³/mol. The summed E-state index contributed by atoms with van der Waals surface area (Å²) in [6.45, 7) is 1.30. The van der Waals surface area contributed by atoms with Crippen LogP contribution in [0.1, 0.15) is 19.3 Å². The van der Waals surface area contributed by atoms with Crippen LogP contribution in [-0.2, 0) is 9.53 Å². The van der Waals surface area contributed by atoms with Crippen LogP contribution >= 0.6 is 34.7 Å². The number of carbonyl (C=O) groups is 1. The van der Waals surface area contributed by atoms with Crippen molar-refractivity contribution in [3.05, 3.63) is 47.5 Å². The number of thioether (sulfide) groups is 1. The van der Waals surface area contributed by atoms with Gasteiger partial charge in [0.05, 0.1) is 30.0 Å². The minimum Gasteiger partial charge on any atom is -0.497 e. The van der Waals surface area contributed by atoms with Crippen molar-refractivity contribution in [2.75, 3.05) is 30.9 Å². The van der Waals surface area contributed by atoms with Gasteiger partial charge in [-0.25, -0.2) is 4.98 Å². The third kappa shape index (κ3) is 5.27. The Morgan fingerprint density at radius 2 is 2.17 bits per heavy atom. The monoisotopic (exact) mass is 462 g/mol. The lowest BCUT2D eigenvalue weighted by atomic mass is 10.2. The molecule has 0 spiro atoms. The number of aromatic nitrogens is 1. The molecule has 1 unspecified atom stereocenters. The molecule has 1 amide bonds. The minimum atomic E-state index is 0.0676. The van der Waals surface area contributed by atoms with Crippen molar-refractivity contribution in [2.24, 2.45) is 0 Å². The molecule has 1 saturated heterocycles. The van der Waals surface area contributed by atoms with Gasteiger partial charge in [-0.05, 0) is 55.3 Å².